The highest BCUT2D eigenvalue weighted by atomic mass is 79.9. The van der Waals surface area contributed by atoms with Crippen molar-refractivity contribution in [2.45, 2.75) is 26.2 Å². The molecule has 0 aliphatic carbocycles. The van der Waals surface area contributed by atoms with E-state index in [0.29, 0.717) is 17.7 Å². The van der Waals surface area contributed by atoms with Gasteiger partial charge in [0.25, 0.3) is 6.08 Å². The Morgan fingerprint density at radius 2 is 1.78 bits per heavy atom. The van der Waals surface area contributed by atoms with E-state index in [-0.39, 0.29) is 5.57 Å². The fraction of sp³-hybridized carbons (Fsp3) is 0.211. The molecule has 4 heteroatoms. The van der Waals surface area contributed by atoms with Crippen LogP contribution in [0.2, 0.25) is 0 Å². The zero-order chi connectivity index (χ0) is 16.7. The van der Waals surface area contributed by atoms with E-state index in [0.717, 1.165) is 22.9 Å². The highest BCUT2D eigenvalue weighted by molar-refractivity contribution is 9.10. The number of para-hydroxylation sites is 1. The third kappa shape index (κ3) is 5.10. The summed E-state index contributed by atoms with van der Waals surface area (Å²) in [6.45, 7) is 1.99. The van der Waals surface area contributed by atoms with Crippen LogP contribution < -0.4 is 0 Å². The summed E-state index contributed by atoms with van der Waals surface area (Å²) in [5.41, 5.74) is 2.09. The smallest absolute Gasteiger partial charge is 0.256 e. The van der Waals surface area contributed by atoms with E-state index in [1.54, 1.807) is 24.4 Å². The first kappa shape index (κ1) is 17.5. The molecule has 2 aromatic carbocycles. The minimum Gasteiger partial charge on any atom is -0.256 e. The van der Waals surface area contributed by atoms with Gasteiger partial charge in [-0.2, -0.15) is 8.78 Å². The third-order valence-electron chi connectivity index (χ3n) is 3.46. The Bertz CT molecular complexity index is 702. The molecule has 0 aliphatic heterocycles. The average Bonchev–Trinajstić information content (AvgIpc) is 2.55. The van der Waals surface area contributed by atoms with E-state index in [1.807, 2.05) is 37.3 Å². The first-order valence-corrected chi connectivity index (χ1v) is 8.34. The predicted octanol–water partition coefficient (Wildman–Crippen LogP) is 7.00. The van der Waals surface area contributed by atoms with Crippen molar-refractivity contribution >= 4 is 33.4 Å². The lowest BCUT2D eigenvalue weighted by atomic mass is 10.00. The molecule has 0 aromatic heterocycles. The fourth-order valence-corrected chi connectivity index (χ4v) is 2.48. The molecule has 23 heavy (non-hydrogen) atoms. The van der Waals surface area contributed by atoms with E-state index in [4.69, 9.17) is 0 Å². The Hall–Kier alpha value is -1.81. The molecule has 0 N–H and O–H groups in total. The van der Waals surface area contributed by atoms with Crippen molar-refractivity contribution in [3.05, 3.63) is 70.2 Å². The second-order valence-electron chi connectivity index (χ2n) is 5.17. The van der Waals surface area contributed by atoms with E-state index in [1.165, 1.54) is 0 Å². The number of hydrogen-bond acceptors (Lipinski definition) is 1. The van der Waals surface area contributed by atoms with Gasteiger partial charge in [-0.15, -0.1) is 0 Å². The van der Waals surface area contributed by atoms with Gasteiger partial charge in [0.2, 0.25) is 0 Å². The summed E-state index contributed by atoms with van der Waals surface area (Å²) in [5.74, 6) is 0. The van der Waals surface area contributed by atoms with Gasteiger partial charge in [0, 0.05) is 21.8 Å². The van der Waals surface area contributed by atoms with Crippen LogP contribution in [0.1, 0.15) is 37.3 Å². The Labute approximate surface area is 143 Å². The van der Waals surface area contributed by atoms with Crippen molar-refractivity contribution in [3.63, 3.8) is 0 Å². The average molecular weight is 378 g/mol. The molecular weight excluding hydrogens is 360 g/mol. The lowest BCUT2D eigenvalue weighted by Gasteiger charge is -2.09. The minimum absolute atomic E-state index is 0.0930. The standard InChI is InChI=1S/C19H18BrF2N/c1-2-3-6-17(19(21)22)16-7-4-5-8-18(16)23-13-14-9-11-15(20)12-10-14/h4-5,7-13H,2-3,6H2,1H3. The van der Waals surface area contributed by atoms with Crippen molar-refractivity contribution in [1.29, 1.82) is 0 Å². The molecule has 0 saturated heterocycles. The Morgan fingerprint density at radius 3 is 2.43 bits per heavy atom. The van der Waals surface area contributed by atoms with E-state index >= 15 is 0 Å². The molecule has 0 fully saturated rings. The molecule has 0 spiro atoms. The number of aliphatic imine (C=N–C) groups is 1. The number of unbranched alkanes of at least 4 members (excludes halogenated alkanes) is 1. The fourth-order valence-electron chi connectivity index (χ4n) is 2.22. The monoisotopic (exact) mass is 377 g/mol. The molecule has 1 nitrogen and oxygen atoms in total. The molecule has 120 valence electrons. The van der Waals surface area contributed by atoms with E-state index in [2.05, 4.69) is 20.9 Å². The summed E-state index contributed by atoms with van der Waals surface area (Å²) in [6.07, 6.45) is 2.05. The maximum atomic E-state index is 13.3. The van der Waals surface area contributed by atoms with E-state index < -0.39 is 6.08 Å². The van der Waals surface area contributed by atoms with Crippen LogP contribution in [0.15, 0.2) is 64.1 Å². The van der Waals surface area contributed by atoms with Gasteiger partial charge in [-0.1, -0.05) is 59.6 Å². The van der Waals surface area contributed by atoms with E-state index in [9.17, 15) is 8.78 Å². The number of hydrogen-bond donors (Lipinski definition) is 0. The van der Waals surface area contributed by atoms with Gasteiger partial charge < -0.3 is 0 Å². The van der Waals surface area contributed by atoms with Gasteiger partial charge in [-0.25, -0.2) is 0 Å². The van der Waals surface area contributed by atoms with Crippen molar-refractivity contribution in [1.82, 2.24) is 0 Å². The Kier molecular flexibility index (Phi) is 6.66. The molecular formula is C19H18BrF2N. The quantitative estimate of drug-likeness (QED) is 0.480. The molecule has 0 amide bonds. The van der Waals surface area contributed by atoms with Crippen molar-refractivity contribution in [2.75, 3.05) is 0 Å². The summed E-state index contributed by atoms with van der Waals surface area (Å²) in [6, 6.07) is 14.7. The van der Waals surface area contributed by atoms with Crippen LogP contribution in [0, 0.1) is 0 Å². The summed E-state index contributed by atoms with van der Waals surface area (Å²) in [4.78, 5) is 4.41. The lowest BCUT2D eigenvalue weighted by Crippen LogP contribution is -1.89. The maximum Gasteiger partial charge on any atom is 0.274 e. The Balaban J connectivity index is 2.33. The van der Waals surface area contributed by atoms with Crippen molar-refractivity contribution in [2.24, 2.45) is 4.99 Å². The maximum absolute atomic E-state index is 13.3. The van der Waals surface area contributed by atoms with Crippen LogP contribution in [0.4, 0.5) is 14.5 Å². The zero-order valence-corrected chi connectivity index (χ0v) is 14.5. The second kappa shape index (κ2) is 8.73. The molecule has 0 atom stereocenters. The summed E-state index contributed by atoms with van der Waals surface area (Å²) >= 11 is 3.38. The first-order valence-electron chi connectivity index (χ1n) is 7.55. The largest absolute Gasteiger partial charge is 0.274 e. The predicted molar refractivity (Wildman–Crippen MR) is 96.5 cm³/mol. The number of nitrogens with zero attached hydrogens (tertiary/aromatic N) is 1. The number of benzene rings is 2. The number of allylic oxidation sites excluding steroid dienone is 1. The molecule has 0 bridgehead atoms. The van der Waals surface area contributed by atoms with Crippen LogP contribution in [0.5, 0.6) is 0 Å². The van der Waals surface area contributed by atoms with Gasteiger partial charge in [0.1, 0.15) is 0 Å². The summed E-state index contributed by atoms with van der Waals surface area (Å²) in [7, 11) is 0. The van der Waals surface area contributed by atoms with Gasteiger partial charge in [0.05, 0.1) is 5.69 Å². The highest BCUT2D eigenvalue weighted by Gasteiger charge is 2.12. The molecule has 0 radical (unpaired) electrons. The van der Waals surface area contributed by atoms with Crippen LogP contribution in [0.25, 0.3) is 5.57 Å². The van der Waals surface area contributed by atoms with Crippen molar-refractivity contribution in [3.8, 4) is 0 Å². The van der Waals surface area contributed by atoms with Gasteiger partial charge in [0.15, 0.2) is 0 Å². The summed E-state index contributed by atoms with van der Waals surface area (Å²) < 4.78 is 27.6. The molecule has 0 heterocycles. The normalized spacial score (nSPS) is 11.0. The molecule has 0 saturated carbocycles. The summed E-state index contributed by atoms with van der Waals surface area (Å²) in [5, 5.41) is 0. The molecule has 0 unspecified atom stereocenters. The van der Waals surface area contributed by atoms with Gasteiger partial charge >= 0.3 is 0 Å². The van der Waals surface area contributed by atoms with Gasteiger partial charge in [-0.3, -0.25) is 4.99 Å². The molecule has 0 aliphatic rings. The molecule has 2 rings (SSSR count). The van der Waals surface area contributed by atoms with Crippen LogP contribution in [-0.2, 0) is 0 Å². The van der Waals surface area contributed by atoms with Crippen LogP contribution in [-0.4, -0.2) is 6.21 Å². The molecule has 2 aromatic rings. The second-order valence-corrected chi connectivity index (χ2v) is 6.09. The van der Waals surface area contributed by atoms with Gasteiger partial charge in [-0.05, 0) is 36.6 Å². The topological polar surface area (TPSA) is 12.4 Å². The number of rotatable bonds is 6. The van der Waals surface area contributed by atoms with Crippen LogP contribution in [0.3, 0.4) is 0 Å². The first-order chi connectivity index (χ1) is 11.1. The SMILES string of the molecule is CCCCC(=C(F)F)c1ccccc1N=Cc1ccc(Br)cc1. The van der Waals surface area contributed by atoms with Crippen LogP contribution >= 0.6 is 15.9 Å². The lowest BCUT2D eigenvalue weighted by molar-refractivity contribution is 0.422. The Morgan fingerprint density at radius 1 is 1.09 bits per heavy atom. The minimum atomic E-state index is -1.62. The highest BCUT2D eigenvalue weighted by Crippen LogP contribution is 2.33. The number of halogens is 3. The zero-order valence-electron chi connectivity index (χ0n) is 12.9. The third-order valence-corrected chi connectivity index (χ3v) is 3.99. The van der Waals surface area contributed by atoms with Crippen molar-refractivity contribution < 1.29 is 8.78 Å².